The summed E-state index contributed by atoms with van der Waals surface area (Å²) in [6, 6.07) is 13.4. The van der Waals surface area contributed by atoms with Crippen LogP contribution in [-0.4, -0.2) is 41.2 Å². The summed E-state index contributed by atoms with van der Waals surface area (Å²) in [6.07, 6.45) is 6.10. The number of amides is 2. The van der Waals surface area contributed by atoms with Gasteiger partial charge in [-0.15, -0.1) is 0 Å². The molecule has 2 fully saturated rings. The quantitative estimate of drug-likeness (QED) is 0.892. The van der Waals surface area contributed by atoms with E-state index in [0.29, 0.717) is 37.9 Å². The largest absolute Gasteiger partial charge is 0.473 e. The maximum Gasteiger partial charge on any atom is 0.322 e. The van der Waals surface area contributed by atoms with Gasteiger partial charge >= 0.3 is 6.03 Å². The van der Waals surface area contributed by atoms with Gasteiger partial charge in [0, 0.05) is 24.5 Å². The van der Waals surface area contributed by atoms with Gasteiger partial charge in [0.05, 0.1) is 18.8 Å². The number of benzene rings is 1. The van der Waals surface area contributed by atoms with E-state index in [4.69, 9.17) is 9.47 Å². The van der Waals surface area contributed by atoms with Crippen LogP contribution in [0.5, 0.6) is 5.88 Å². The first-order valence-electron chi connectivity index (χ1n) is 9.55. The van der Waals surface area contributed by atoms with Gasteiger partial charge in [0.25, 0.3) is 0 Å². The van der Waals surface area contributed by atoms with Crippen LogP contribution in [-0.2, 0) is 11.3 Å². The molecule has 1 N–H and O–H groups in total. The Bertz CT molecular complexity index is 775. The Balaban J connectivity index is 1.35. The molecule has 27 heavy (non-hydrogen) atoms. The van der Waals surface area contributed by atoms with Crippen molar-refractivity contribution < 1.29 is 14.3 Å². The Morgan fingerprint density at radius 3 is 2.85 bits per heavy atom. The summed E-state index contributed by atoms with van der Waals surface area (Å²) in [6.45, 7) is 2.34. The molecule has 1 aromatic heterocycles. The summed E-state index contributed by atoms with van der Waals surface area (Å²) in [4.78, 5) is 18.8. The van der Waals surface area contributed by atoms with E-state index in [-0.39, 0.29) is 11.6 Å². The average Bonchev–Trinajstić information content (AvgIpc) is 3.15. The molecular formula is C21H25N3O3. The van der Waals surface area contributed by atoms with Crippen LogP contribution in [0.25, 0.3) is 0 Å². The van der Waals surface area contributed by atoms with Gasteiger partial charge in [-0.3, -0.25) is 0 Å². The molecule has 0 unspecified atom stereocenters. The molecule has 142 valence electrons. The molecule has 1 aliphatic carbocycles. The average molecular weight is 367 g/mol. The molecule has 0 bridgehead atoms. The Labute approximate surface area is 159 Å². The summed E-state index contributed by atoms with van der Waals surface area (Å²) < 4.78 is 11.7. The van der Waals surface area contributed by atoms with Crippen molar-refractivity contribution in [1.82, 2.24) is 9.88 Å². The van der Waals surface area contributed by atoms with E-state index in [9.17, 15) is 4.79 Å². The Hall–Kier alpha value is -2.60. The lowest BCUT2D eigenvalue weighted by Crippen LogP contribution is -2.53. The summed E-state index contributed by atoms with van der Waals surface area (Å²) in [5.41, 5.74) is 1.63. The molecule has 1 aliphatic heterocycles. The van der Waals surface area contributed by atoms with Crippen LogP contribution < -0.4 is 10.1 Å². The molecule has 1 saturated heterocycles. The number of nitrogens with one attached hydrogen (secondary N) is 1. The first-order valence-corrected chi connectivity index (χ1v) is 9.55. The van der Waals surface area contributed by atoms with E-state index in [2.05, 4.69) is 10.3 Å². The summed E-state index contributed by atoms with van der Waals surface area (Å²) >= 11 is 0. The van der Waals surface area contributed by atoms with Gasteiger partial charge in [-0.05, 0) is 24.5 Å². The summed E-state index contributed by atoms with van der Waals surface area (Å²) in [5.74, 6) is 0.492. The highest BCUT2D eigenvalue weighted by Crippen LogP contribution is 2.36. The number of carbonyl (C=O) groups is 1. The van der Waals surface area contributed by atoms with Crippen molar-refractivity contribution in [2.45, 2.75) is 37.9 Å². The second-order valence-electron chi connectivity index (χ2n) is 7.25. The molecule has 2 heterocycles. The number of anilines is 1. The molecule has 2 aromatic rings. The van der Waals surface area contributed by atoms with E-state index < -0.39 is 0 Å². The second kappa shape index (κ2) is 7.96. The first kappa shape index (κ1) is 17.8. The lowest BCUT2D eigenvalue weighted by atomic mass is 10.00. The van der Waals surface area contributed by atoms with Crippen molar-refractivity contribution in [3.8, 4) is 5.88 Å². The second-order valence-corrected chi connectivity index (χ2v) is 7.25. The molecule has 6 heteroatoms. The van der Waals surface area contributed by atoms with Crippen LogP contribution in [0.4, 0.5) is 10.5 Å². The molecule has 4 rings (SSSR count). The van der Waals surface area contributed by atoms with Crippen molar-refractivity contribution in [3.05, 3.63) is 54.2 Å². The number of aromatic nitrogens is 1. The van der Waals surface area contributed by atoms with Gasteiger partial charge in [-0.1, -0.05) is 43.2 Å². The number of pyridine rings is 1. The molecule has 2 aliphatic rings. The highest BCUT2D eigenvalue weighted by Gasteiger charge is 2.40. The fourth-order valence-electron chi connectivity index (χ4n) is 3.84. The number of ether oxygens (including phenoxy) is 2. The van der Waals surface area contributed by atoms with Gasteiger partial charge in [0.2, 0.25) is 5.88 Å². The van der Waals surface area contributed by atoms with Crippen LogP contribution in [0.3, 0.4) is 0 Å². The molecule has 1 saturated carbocycles. The number of urea groups is 1. The van der Waals surface area contributed by atoms with Crippen LogP contribution >= 0.6 is 0 Å². The van der Waals surface area contributed by atoms with E-state index in [1.165, 1.54) is 12.8 Å². The third-order valence-corrected chi connectivity index (χ3v) is 5.27. The molecule has 1 aromatic carbocycles. The molecule has 0 atom stereocenters. The SMILES string of the molecule is O=C(Nc1ccnc(OCc2ccccc2)c1)N1CCOC2(CCCC2)C1. The van der Waals surface area contributed by atoms with Crippen molar-refractivity contribution in [3.63, 3.8) is 0 Å². The first-order chi connectivity index (χ1) is 13.2. The fourth-order valence-corrected chi connectivity index (χ4v) is 3.84. The number of hydrogen-bond acceptors (Lipinski definition) is 4. The van der Waals surface area contributed by atoms with Crippen LogP contribution in [0.2, 0.25) is 0 Å². The molecule has 6 nitrogen and oxygen atoms in total. The molecule has 2 amide bonds. The fraction of sp³-hybridized carbons (Fsp3) is 0.429. The smallest absolute Gasteiger partial charge is 0.322 e. The predicted molar refractivity (Wildman–Crippen MR) is 103 cm³/mol. The van der Waals surface area contributed by atoms with Gasteiger partial charge in [-0.25, -0.2) is 9.78 Å². The minimum Gasteiger partial charge on any atom is -0.473 e. The van der Waals surface area contributed by atoms with E-state index in [1.54, 1.807) is 18.3 Å². The summed E-state index contributed by atoms with van der Waals surface area (Å²) in [7, 11) is 0. The zero-order valence-electron chi connectivity index (χ0n) is 15.4. The maximum atomic E-state index is 12.7. The van der Waals surface area contributed by atoms with Crippen molar-refractivity contribution in [2.24, 2.45) is 0 Å². The van der Waals surface area contributed by atoms with Crippen LogP contribution in [0.1, 0.15) is 31.2 Å². The number of hydrogen-bond donors (Lipinski definition) is 1. The van der Waals surface area contributed by atoms with Crippen LogP contribution in [0.15, 0.2) is 48.7 Å². The van der Waals surface area contributed by atoms with Crippen molar-refractivity contribution in [1.29, 1.82) is 0 Å². The lowest BCUT2D eigenvalue weighted by molar-refractivity contribution is -0.0914. The highest BCUT2D eigenvalue weighted by atomic mass is 16.5. The number of carbonyl (C=O) groups excluding carboxylic acids is 1. The Morgan fingerprint density at radius 1 is 1.22 bits per heavy atom. The van der Waals surface area contributed by atoms with Gasteiger partial charge < -0.3 is 19.7 Å². The third-order valence-electron chi connectivity index (χ3n) is 5.27. The lowest BCUT2D eigenvalue weighted by Gasteiger charge is -2.40. The standard InChI is InChI=1S/C21H25N3O3/c25-20(24-12-13-27-21(16-24)9-4-5-10-21)23-18-8-11-22-19(14-18)26-15-17-6-2-1-3-7-17/h1-3,6-8,11,14H,4-5,9-10,12-13,15-16H2,(H,22,23,25). The number of nitrogens with zero attached hydrogens (tertiary/aromatic N) is 2. The predicted octanol–water partition coefficient (Wildman–Crippen LogP) is 3.84. The number of rotatable bonds is 4. The van der Waals surface area contributed by atoms with Crippen molar-refractivity contribution in [2.75, 3.05) is 25.0 Å². The monoisotopic (exact) mass is 367 g/mol. The van der Waals surface area contributed by atoms with Gasteiger partial charge in [-0.2, -0.15) is 0 Å². The number of morpholine rings is 1. The van der Waals surface area contributed by atoms with E-state index >= 15 is 0 Å². The summed E-state index contributed by atoms with van der Waals surface area (Å²) in [5, 5.41) is 2.97. The molecular weight excluding hydrogens is 342 g/mol. The Kier molecular flexibility index (Phi) is 5.25. The van der Waals surface area contributed by atoms with Gasteiger partial charge in [0.1, 0.15) is 6.61 Å². The van der Waals surface area contributed by atoms with E-state index in [1.807, 2.05) is 35.2 Å². The molecule has 1 spiro atoms. The zero-order chi connectivity index (χ0) is 18.5. The van der Waals surface area contributed by atoms with E-state index in [0.717, 1.165) is 18.4 Å². The highest BCUT2D eigenvalue weighted by molar-refractivity contribution is 5.89. The Morgan fingerprint density at radius 2 is 2.04 bits per heavy atom. The normalized spacial score (nSPS) is 18.4. The van der Waals surface area contributed by atoms with Crippen LogP contribution in [0, 0.1) is 0 Å². The maximum absolute atomic E-state index is 12.7. The molecule has 0 radical (unpaired) electrons. The van der Waals surface area contributed by atoms with Gasteiger partial charge in [0.15, 0.2) is 0 Å². The topological polar surface area (TPSA) is 63.7 Å². The minimum atomic E-state index is -0.127. The zero-order valence-corrected chi connectivity index (χ0v) is 15.4. The van der Waals surface area contributed by atoms with Crippen molar-refractivity contribution >= 4 is 11.7 Å². The third kappa shape index (κ3) is 4.39. The minimum absolute atomic E-state index is 0.0928.